The summed E-state index contributed by atoms with van der Waals surface area (Å²) in [6.07, 6.45) is 5.27. The minimum atomic E-state index is -3.78. The number of benzene rings is 4. The third-order valence-corrected chi connectivity index (χ3v) is 10.7. The lowest BCUT2D eigenvalue weighted by molar-refractivity contribution is -0.688. The predicted octanol–water partition coefficient (Wildman–Crippen LogP) is 5.83. The number of rotatable bonds is 9. The van der Waals surface area contributed by atoms with Crippen molar-refractivity contribution in [1.29, 1.82) is 0 Å². The number of ether oxygens (including phenoxy) is 2. The Labute approximate surface area is 252 Å². The summed E-state index contributed by atoms with van der Waals surface area (Å²) in [5.41, 5.74) is 5.58. The van der Waals surface area contributed by atoms with Gasteiger partial charge in [-0.15, -0.1) is 0 Å². The van der Waals surface area contributed by atoms with Crippen molar-refractivity contribution in [3.63, 3.8) is 0 Å². The Kier molecular flexibility index (Phi) is 7.99. The van der Waals surface area contributed by atoms with E-state index in [-0.39, 0.29) is 10.3 Å². The molecule has 0 saturated heterocycles. The van der Waals surface area contributed by atoms with Gasteiger partial charge in [0.25, 0.3) is 0 Å². The summed E-state index contributed by atoms with van der Waals surface area (Å²) in [6.45, 7) is 2.26. The Morgan fingerprint density at radius 2 is 1.58 bits per heavy atom. The number of fused-ring (bicyclic) bond motifs is 2. The van der Waals surface area contributed by atoms with Gasteiger partial charge in [0.2, 0.25) is 0 Å². The maximum absolute atomic E-state index is 14.1. The minimum absolute atomic E-state index is 0.190. The highest BCUT2D eigenvalue weighted by molar-refractivity contribution is 7.85. The SMILES string of the molecule is Cc1cc(S(=O)(=O)[NH+]2CC3(CCCCC3)c3cc(-c4ccc(OCc5ccccc5)cc4)ccc32)ccc1OCC(=O)O. The molecule has 6 rings (SSSR count). The fourth-order valence-electron chi connectivity index (χ4n) is 6.54. The number of carbonyl (C=O) groups is 1. The number of aliphatic carboxylic acids is 1. The van der Waals surface area contributed by atoms with Gasteiger partial charge in [0.1, 0.15) is 29.5 Å². The largest absolute Gasteiger partial charge is 0.489 e. The predicted molar refractivity (Wildman–Crippen MR) is 164 cm³/mol. The van der Waals surface area contributed by atoms with Crippen molar-refractivity contribution in [3.05, 3.63) is 108 Å². The van der Waals surface area contributed by atoms with Crippen LogP contribution < -0.4 is 13.8 Å². The summed E-state index contributed by atoms with van der Waals surface area (Å²) in [4.78, 5) is 11.1. The summed E-state index contributed by atoms with van der Waals surface area (Å²) < 4.78 is 40.0. The highest BCUT2D eigenvalue weighted by Gasteiger charge is 2.51. The zero-order valence-electron chi connectivity index (χ0n) is 24.2. The summed E-state index contributed by atoms with van der Waals surface area (Å²) >= 11 is 0. The van der Waals surface area contributed by atoms with Crippen LogP contribution >= 0.6 is 0 Å². The van der Waals surface area contributed by atoms with Crippen LogP contribution in [0.1, 0.15) is 48.8 Å². The van der Waals surface area contributed by atoms with Crippen LogP contribution in [-0.4, -0.2) is 32.6 Å². The van der Waals surface area contributed by atoms with Crippen molar-refractivity contribution in [2.75, 3.05) is 13.2 Å². The van der Waals surface area contributed by atoms with Gasteiger partial charge >= 0.3 is 16.0 Å². The molecule has 8 heteroatoms. The van der Waals surface area contributed by atoms with E-state index in [0.717, 1.165) is 59.4 Å². The molecule has 43 heavy (non-hydrogen) atoms. The smallest absolute Gasteiger partial charge is 0.341 e. The molecule has 0 radical (unpaired) electrons. The molecular formula is C35H36NO6S+. The topological polar surface area (TPSA) is 94.3 Å². The van der Waals surface area contributed by atoms with E-state index in [1.54, 1.807) is 19.1 Å². The van der Waals surface area contributed by atoms with E-state index in [4.69, 9.17) is 14.6 Å². The normalized spacial score (nSPS) is 17.4. The van der Waals surface area contributed by atoms with Crippen molar-refractivity contribution >= 4 is 21.7 Å². The van der Waals surface area contributed by atoms with E-state index in [0.29, 0.717) is 28.8 Å². The van der Waals surface area contributed by atoms with E-state index in [1.165, 1.54) is 12.5 Å². The summed E-state index contributed by atoms with van der Waals surface area (Å²) in [5, 5.41) is 8.94. The number of hydrogen-bond acceptors (Lipinski definition) is 5. The third-order valence-electron chi connectivity index (χ3n) is 8.77. The zero-order valence-corrected chi connectivity index (χ0v) is 25.0. The lowest BCUT2D eigenvalue weighted by atomic mass is 9.70. The molecule has 1 unspecified atom stereocenters. The number of aryl methyl sites for hydroxylation is 1. The fourth-order valence-corrected chi connectivity index (χ4v) is 8.33. The van der Waals surface area contributed by atoms with Crippen molar-refractivity contribution in [2.45, 2.75) is 55.9 Å². The zero-order chi connectivity index (χ0) is 30.0. The Balaban J connectivity index is 1.29. The van der Waals surface area contributed by atoms with Gasteiger partial charge in [-0.2, -0.15) is 12.7 Å². The molecule has 1 aliphatic carbocycles. The molecule has 1 heterocycles. The van der Waals surface area contributed by atoms with Gasteiger partial charge in [-0.05, 0) is 84.5 Å². The molecule has 1 fully saturated rings. The molecule has 1 aliphatic heterocycles. The number of carboxylic acids is 1. The maximum Gasteiger partial charge on any atom is 0.341 e. The number of hydrogen-bond donors (Lipinski definition) is 2. The monoisotopic (exact) mass is 598 g/mol. The third kappa shape index (κ3) is 5.90. The van der Waals surface area contributed by atoms with Crippen molar-refractivity contribution in [2.24, 2.45) is 0 Å². The van der Waals surface area contributed by atoms with Crippen molar-refractivity contribution < 1.29 is 32.1 Å². The lowest BCUT2D eigenvalue weighted by Crippen LogP contribution is -3.08. The number of sulfonamides is 1. The molecule has 1 saturated carbocycles. The molecule has 4 aromatic rings. The first-order valence-electron chi connectivity index (χ1n) is 14.7. The highest BCUT2D eigenvalue weighted by Crippen LogP contribution is 2.46. The van der Waals surface area contributed by atoms with Gasteiger partial charge < -0.3 is 14.6 Å². The van der Waals surface area contributed by atoms with Gasteiger partial charge in [-0.3, -0.25) is 0 Å². The van der Waals surface area contributed by atoms with Crippen LogP contribution in [0.15, 0.2) is 95.9 Å². The summed E-state index contributed by atoms with van der Waals surface area (Å²) in [6, 6.07) is 29.0. The lowest BCUT2D eigenvalue weighted by Gasteiger charge is -2.32. The molecule has 2 N–H and O–H groups in total. The highest BCUT2D eigenvalue weighted by atomic mass is 32.2. The molecule has 7 nitrogen and oxygen atoms in total. The molecule has 0 bridgehead atoms. The summed E-state index contributed by atoms with van der Waals surface area (Å²) in [5.74, 6) is 0.0793. The van der Waals surface area contributed by atoms with Crippen LogP contribution in [0, 0.1) is 6.92 Å². The number of nitrogens with one attached hydrogen (secondary N) is 1. The van der Waals surface area contributed by atoms with E-state index in [1.807, 2.05) is 54.6 Å². The van der Waals surface area contributed by atoms with Crippen LogP contribution in [0.4, 0.5) is 5.69 Å². The van der Waals surface area contributed by atoms with Gasteiger partial charge in [0.05, 0.1) is 5.41 Å². The Hall–Kier alpha value is -4.14. The van der Waals surface area contributed by atoms with E-state index >= 15 is 0 Å². The molecule has 2 aliphatic rings. The van der Waals surface area contributed by atoms with Crippen LogP contribution in [0.3, 0.4) is 0 Å². The quantitative estimate of drug-likeness (QED) is 0.252. The van der Waals surface area contributed by atoms with E-state index in [2.05, 4.69) is 18.2 Å². The molecule has 0 aromatic heterocycles. The van der Waals surface area contributed by atoms with E-state index < -0.39 is 22.6 Å². The number of carboxylic acid groups (broad SMARTS) is 1. The van der Waals surface area contributed by atoms with Crippen molar-refractivity contribution in [3.8, 4) is 22.6 Å². The van der Waals surface area contributed by atoms with E-state index in [9.17, 15) is 13.2 Å². The van der Waals surface area contributed by atoms with Gasteiger partial charge in [0, 0.05) is 11.6 Å². The molecule has 0 amide bonds. The van der Waals surface area contributed by atoms with Crippen LogP contribution in [0.5, 0.6) is 11.5 Å². The first-order chi connectivity index (χ1) is 20.7. The van der Waals surface area contributed by atoms with Gasteiger partial charge in [-0.25, -0.2) is 4.79 Å². The standard InChI is InChI=1S/C35H35NO6S/c1-25-20-30(15-17-33(25)42-23-34(37)38)43(39,40)36-24-35(18-6-3-7-19-35)31-21-28(12-16-32(31)36)27-10-13-29(14-11-27)41-22-26-8-4-2-5-9-26/h2,4-5,8-17,20-21H,3,6-7,18-19,22-24H2,1H3,(H,37,38)/p+1. The average molecular weight is 599 g/mol. The second kappa shape index (κ2) is 11.9. The Morgan fingerprint density at radius 3 is 2.28 bits per heavy atom. The molecule has 222 valence electrons. The van der Waals surface area contributed by atoms with Crippen molar-refractivity contribution in [1.82, 2.24) is 0 Å². The second-order valence-corrected chi connectivity index (χ2v) is 13.6. The first kappa shape index (κ1) is 29.0. The average Bonchev–Trinajstić information content (AvgIpc) is 3.33. The molecule has 1 atom stereocenters. The Bertz CT molecular complexity index is 1730. The molecular weight excluding hydrogens is 562 g/mol. The van der Waals surface area contributed by atoms with Gasteiger partial charge in [-0.1, -0.05) is 61.7 Å². The Morgan fingerprint density at radius 1 is 0.860 bits per heavy atom. The second-order valence-electron chi connectivity index (χ2n) is 11.6. The van der Waals surface area contributed by atoms with Crippen LogP contribution in [0.2, 0.25) is 0 Å². The first-order valence-corrected chi connectivity index (χ1v) is 16.2. The summed E-state index contributed by atoms with van der Waals surface area (Å²) in [7, 11) is -3.78. The van der Waals surface area contributed by atoms with Crippen LogP contribution in [-0.2, 0) is 26.8 Å². The fraction of sp³-hybridized carbons (Fsp3) is 0.286. The van der Waals surface area contributed by atoms with Gasteiger partial charge in [0.15, 0.2) is 12.3 Å². The minimum Gasteiger partial charge on any atom is -0.489 e. The maximum atomic E-state index is 14.1. The number of quaternary nitrogens is 1. The molecule has 1 spiro atoms. The van der Waals surface area contributed by atoms with Crippen LogP contribution in [0.25, 0.3) is 11.1 Å². The molecule has 4 aromatic carbocycles.